The van der Waals surface area contributed by atoms with Gasteiger partial charge in [0.25, 0.3) is 0 Å². The van der Waals surface area contributed by atoms with E-state index < -0.39 is 16.6 Å². The third kappa shape index (κ3) is 4.98. The van der Waals surface area contributed by atoms with E-state index in [0.717, 1.165) is 13.2 Å². The van der Waals surface area contributed by atoms with Gasteiger partial charge in [-0.15, -0.1) is 0 Å². The Balaban J connectivity index is 2.20. The zero-order chi connectivity index (χ0) is 23.7. The smallest absolute Gasteiger partial charge is 0.200 e. The molecule has 0 amide bonds. The summed E-state index contributed by atoms with van der Waals surface area (Å²) in [6.07, 6.45) is 6.31. The highest BCUT2D eigenvalue weighted by Gasteiger charge is 2.51. The van der Waals surface area contributed by atoms with Crippen molar-refractivity contribution in [3.05, 3.63) is 12.2 Å². The molecule has 2 bridgehead atoms. The van der Waals surface area contributed by atoms with E-state index in [9.17, 15) is 0 Å². The Morgan fingerprint density at radius 2 is 0.806 bits per heavy atom. The predicted octanol–water partition coefficient (Wildman–Crippen LogP) is 8.81. The lowest BCUT2D eigenvalue weighted by molar-refractivity contribution is 0.115. The molecular formula is C27H54O2Si2. The van der Waals surface area contributed by atoms with Crippen LogP contribution in [0.1, 0.15) is 89.5 Å². The molecule has 182 valence electrons. The van der Waals surface area contributed by atoms with Crippen molar-refractivity contribution in [3.8, 4) is 0 Å². The van der Waals surface area contributed by atoms with Crippen LogP contribution in [0.25, 0.3) is 0 Å². The fourth-order valence-corrected chi connectivity index (χ4v) is 19.0. The summed E-state index contributed by atoms with van der Waals surface area (Å²) in [6.45, 7) is 30.7. The number of hydrogen-bond acceptors (Lipinski definition) is 2. The molecule has 0 N–H and O–H groups in total. The third-order valence-corrected chi connectivity index (χ3v) is 21.4. The van der Waals surface area contributed by atoms with Gasteiger partial charge in [-0.1, -0.05) is 95.2 Å². The Kier molecular flexibility index (Phi) is 9.32. The molecule has 4 atom stereocenters. The standard InChI is InChI=1S/C27H54O2Si2/c1-18(2)30(19(3)4,20(5)6)28-16-26-24-13-14-25(15-24)27(26)17-29-31(21(7)8,22(9)10)23(11)12/h13-14,18-27H,15-17H2,1-12H3. The van der Waals surface area contributed by atoms with Crippen LogP contribution in [0.5, 0.6) is 0 Å². The highest BCUT2D eigenvalue weighted by Crippen LogP contribution is 2.51. The van der Waals surface area contributed by atoms with Crippen LogP contribution in [0.2, 0.25) is 33.2 Å². The zero-order valence-electron chi connectivity index (χ0n) is 22.9. The van der Waals surface area contributed by atoms with Crippen LogP contribution < -0.4 is 0 Å². The van der Waals surface area contributed by atoms with Gasteiger partial charge in [-0.25, -0.2) is 0 Å². The molecule has 4 unspecified atom stereocenters. The molecule has 0 aromatic carbocycles. The van der Waals surface area contributed by atoms with Crippen molar-refractivity contribution in [2.45, 2.75) is 123 Å². The molecule has 4 heteroatoms. The molecule has 1 saturated carbocycles. The van der Waals surface area contributed by atoms with Crippen LogP contribution >= 0.6 is 0 Å². The second kappa shape index (κ2) is 10.6. The van der Waals surface area contributed by atoms with Gasteiger partial charge in [0.05, 0.1) is 0 Å². The molecule has 2 aliphatic carbocycles. The average Bonchev–Trinajstić information content (AvgIpc) is 3.22. The van der Waals surface area contributed by atoms with E-state index in [1.54, 1.807) is 0 Å². The van der Waals surface area contributed by atoms with Crippen molar-refractivity contribution in [1.29, 1.82) is 0 Å². The van der Waals surface area contributed by atoms with Crippen LogP contribution in [0.3, 0.4) is 0 Å². The number of fused-ring (bicyclic) bond motifs is 2. The Morgan fingerprint density at radius 3 is 1.03 bits per heavy atom. The van der Waals surface area contributed by atoms with E-state index in [-0.39, 0.29) is 0 Å². The molecule has 2 nitrogen and oxygen atoms in total. The maximum Gasteiger partial charge on any atom is 0.200 e. The Bertz CT molecular complexity index is 500. The SMILES string of the molecule is CC(C)[Si](OCC1C2C=CC(C2)C1CO[Si](C(C)C)(C(C)C)C(C)C)(C(C)C)C(C)C. The van der Waals surface area contributed by atoms with Crippen LogP contribution in [-0.2, 0) is 8.85 Å². The summed E-state index contributed by atoms with van der Waals surface area (Å²) < 4.78 is 14.2. The summed E-state index contributed by atoms with van der Waals surface area (Å²) >= 11 is 0. The Hall–Kier alpha value is 0.0938. The first-order valence-corrected chi connectivity index (χ1v) is 17.6. The van der Waals surface area contributed by atoms with Gasteiger partial charge in [0.2, 0.25) is 0 Å². The van der Waals surface area contributed by atoms with E-state index in [4.69, 9.17) is 8.85 Å². The van der Waals surface area contributed by atoms with Gasteiger partial charge in [-0.3, -0.25) is 0 Å². The maximum atomic E-state index is 7.12. The van der Waals surface area contributed by atoms with E-state index in [1.165, 1.54) is 6.42 Å². The minimum Gasteiger partial charge on any atom is -0.416 e. The van der Waals surface area contributed by atoms with E-state index >= 15 is 0 Å². The summed E-state index contributed by atoms with van der Waals surface area (Å²) in [5.41, 5.74) is 3.91. The molecule has 0 spiro atoms. The van der Waals surface area contributed by atoms with Gasteiger partial charge in [0.15, 0.2) is 16.6 Å². The van der Waals surface area contributed by atoms with Gasteiger partial charge in [0, 0.05) is 13.2 Å². The van der Waals surface area contributed by atoms with Crippen molar-refractivity contribution >= 4 is 16.6 Å². The fraction of sp³-hybridized carbons (Fsp3) is 0.926. The second-order valence-corrected chi connectivity index (χ2v) is 23.5. The first-order chi connectivity index (χ1) is 14.3. The monoisotopic (exact) mass is 466 g/mol. The maximum absolute atomic E-state index is 7.12. The summed E-state index contributed by atoms with van der Waals surface area (Å²) in [5.74, 6) is 2.67. The molecule has 0 heterocycles. The minimum atomic E-state index is -1.82. The van der Waals surface area contributed by atoms with E-state index in [2.05, 4.69) is 95.2 Å². The fourth-order valence-electron chi connectivity index (χ4n) is 8.00. The van der Waals surface area contributed by atoms with Crippen LogP contribution in [-0.4, -0.2) is 29.8 Å². The molecule has 0 aliphatic heterocycles. The van der Waals surface area contributed by atoms with Crippen molar-refractivity contribution in [1.82, 2.24) is 0 Å². The van der Waals surface area contributed by atoms with Crippen molar-refractivity contribution in [2.24, 2.45) is 23.7 Å². The van der Waals surface area contributed by atoms with Gasteiger partial charge < -0.3 is 8.85 Å². The highest BCUT2D eigenvalue weighted by molar-refractivity contribution is 6.78. The zero-order valence-corrected chi connectivity index (χ0v) is 24.9. The van der Waals surface area contributed by atoms with Gasteiger partial charge in [-0.05, 0) is 63.3 Å². The van der Waals surface area contributed by atoms with Gasteiger partial charge in [-0.2, -0.15) is 0 Å². The van der Waals surface area contributed by atoms with Crippen molar-refractivity contribution < 1.29 is 8.85 Å². The molecule has 2 rings (SSSR count). The number of rotatable bonds is 12. The van der Waals surface area contributed by atoms with Crippen LogP contribution in [0.15, 0.2) is 12.2 Å². The number of allylic oxidation sites excluding steroid dienone is 2. The lowest BCUT2D eigenvalue weighted by Gasteiger charge is -2.45. The quantitative estimate of drug-likeness (QED) is 0.211. The highest BCUT2D eigenvalue weighted by atomic mass is 28.4. The number of hydrogen-bond donors (Lipinski definition) is 0. The molecule has 1 fully saturated rings. The van der Waals surface area contributed by atoms with Crippen LogP contribution in [0, 0.1) is 23.7 Å². The van der Waals surface area contributed by atoms with E-state index in [0.29, 0.717) is 56.9 Å². The van der Waals surface area contributed by atoms with Gasteiger partial charge in [0.1, 0.15) is 0 Å². The summed E-state index contributed by atoms with van der Waals surface area (Å²) in [6, 6.07) is 0. The second-order valence-electron chi connectivity index (χ2n) is 12.5. The molecule has 0 radical (unpaired) electrons. The summed E-state index contributed by atoms with van der Waals surface area (Å²) in [4.78, 5) is 0. The first kappa shape index (κ1) is 27.3. The minimum absolute atomic E-state index is 0.635. The van der Waals surface area contributed by atoms with Crippen LogP contribution in [0.4, 0.5) is 0 Å². The first-order valence-electron chi connectivity index (χ1n) is 13.3. The summed E-state index contributed by atoms with van der Waals surface area (Å²) in [5, 5.41) is 0. The predicted molar refractivity (Wildman–Crippen MR) is 142 cm³/mol. The topological polar surface area (TPSA) is 18.5 Å². The Labute approximate surface area is 197 Å². The molecule has 31 heavy (non-hydrogen) atoms. The van der Waals surface area contributed by atoms with Gasteiger partial charge >= 0.3 is 0 Å². The van der Waals surface area contributed by atoms with Crippen molar-refractivity contribution in [2.75, 3.05) is 13.2 Å². The Morgan fingerprint density at radius 1 is 0.548 bits per heavy atom. The van der Waals surface area contributed by atoms with Crippen molar-refractivity contribution in [3.63, 3.8) is 0 Å². The molecular weight excluding hydrogens is 412 g/mol. The van der Waals surface area contributed by atoms with E-state index in [1.807, 2.05) is 0 Å². The molecule has 0 aromatic heterocycles. The molecule has 0 aromatic rings. The third-order valence-electron chi connectivity index (χ3n) is 9.27. The average molecular weight is 467 g/mol. The molecule has 0 saturated heterocycles. The lowest BCUT2D eigenvalue weighted by atomic mass is 9.84. The normalized spacial score (nSPS) is 26.8. The molecule has 2 aliphatic rings. The largest absolute Gasteiger partial charge is 0.416 e. The lowest BCUT2D eigenvalue weighted by Crippen LogP contribution is -2.50. The summed E-state index contributed by atoms with van der Waals surface area (Å²) in [7, 11) is -3.64.